The zero-order valence-electron chi connectivity index (χ0n) is 36.5. The molecule has 0 unspecified atom stereocenters. The molecule has 0 saturated carbocycles. The molecule has 2 fully saturated rings. The second-order valence-corrected chi connectivity index (χ2v) is 23.6. The van der Waals surface area contributed by atoms with Gasteiger partial charge in [0.1, 0.15) is 36.2 Å². The maximum absolute atomic E-state index is 13.6. The number of thioether (sulfide) groups is 2. The van der Waals surface area contributed by atoms with Gasteiger partial charge in [0.25, 0.3) is 11.8 Å². The van der Waals surface area contributed by atoms with Gasteiger partial charge >= 0.3 is 0 Å². The number of aromatic nitrogens is 2. The lowest BCUT2D eigenvalue weighted by Crippen LogP contribution is -2.49. The molecule has 2 aliphatic heterocycles. The molecule has 0 spiro atoms. The number of rotatable bonds is 16. The third-order valence-electron chi connectivity index (χ3n) is 11.4. The number of phenolic OH excluding ortho intramolecular Hbond substituents is 2. The van der Waals surface area contributed by atoms with Gasteiger partial charge in [0, 0.05) is 74.6 Å². The molecular formula is C48H66N4O10S2Si. The van der Waals surface area contributed by atoms with Crippen molar-refractivity contribution >= 4 is 56.2 Å². The highest BCUT2D eigenvalue weighted by Gasteiger charge is 2.37. The summed E-state index contributed by atoms with van der Waals surface area (Å²) < 4.78 is 18.0. The molecule has 3 N–H and O–H groups in total. The van der Waals surface area contributed by atoms with Crippen molar-refractivity contribution in [1.29, 1.82) is 0 Å². The first kappa shape index (κ1) is 54.4. The van der Waals surface area contributed by atoms with Crippen LogP contribution in [0.25, 0.3) is 0 Å². The average Bonchev–Trinajstić information content (AvgIpc) is 3.27. The molecule has 2 amide bonds. The maximum atomic E-state index is 13.6. The highest BCUT2D eigenvalue weighted by molar-refractivity contribution is 7.99. The Morgan fingerprint density at radius 3 is 1.60 bits per heavy atom. The highest BCUT2D eigenvalue weighted by atomic mass is 32.2. The van der Waals surface area contributed by atoms with Crippen molar-refractivity contribution in [2.75, 3.05) is 62.5 Å². The van der Waals surface area contributed by atoms with Crippen LogP contribution in [0.15, 0.2) is 73.1 Å². The summed E-state index contributed by atoms with van der Waals surface area (Å²) in [6, 6.07) is 16.1. The summed E-state index contributed by atoms with van der Waals surface area (Å²) >= 11 is 3.50. The van der Waals surface area contributed by atoms with E-state index in [9.17, 15) is 34.5 Å². The minimum atomic E-state index is -1.89. The molecule has 354 valence electrons. The lowest BCUT2D eigenvalue weighted by Gasteiger charge is -2.36. The smallest absolute Gasteiger partial charge is 0.256 e. The van der Waals surface area contributed by atoms with Crippen LogP contribution in [-0.4, -0.2) is 142 Å². The van der Waals surface area contributed by atoms with Gasteiger partial charge in [-0.15, -0.1) is 0 Å². The molecule has 2 aromatic carbocycles. The Balaban J connectivity index is 0.000000342. The molecule has 2 atom stereocenters. The number of benzene rings is 2. The van der Waals surface area contributed by atoms with Crippen LogP contribution in [-0.2, 0) is 17.3 Å². The molecule has 17 heteroatoms. The third kappa shape index (κ3) is 14.3. The number of aromatic hydroxyl groups is 2. The standard InChI is InChI=1S/C26H36N2O5SSi.C20H22N2O5S.2CH4/c1-26(2,3)35(4,5)33-14-11-22-20(8-7-12-27-22)25(31)28-13-15-34-18-19(28)17-32-24-10-6-9-23(30)21(24)16-29;23-9-6-17-15(3-2-7-21-17)20(26)22-8-10-28-13-14(22)12-27-19-5-1-4-18(25)16(19)11-24;;/h6-10,12,16,19,30H,11,13-15,17-18H2,1-5H3;1-5,7,11,14,23,25H,6,8-10,12-13H2;2*1H4/t19-;14-;;/m11../s1. The minimum absolute atomic E-state index is 0. The van der Waals surface area contributed by atoms with Crippen molar-refractivity contribution in [3.63, 3.8) is 0 Å². The third-order valence-corrected chi connectivity index (χ3v) is 18.1. The molecule has 2 saturated heterocycles. The molecule has 0 radical (unpaired) electrons. The number of carbonyl (C=O) groups excluding carboxylic acids is 4. The van der Waals surface area contributed by atoms with Gasteiger partial charge in [-0.1, -0.05) is 47.8 Å². The predicted molar refractivity (Wildman–Crippen MR) is 262 cm³/mol. The van der Waals surface area contributed by atoms with Crippen molar-refractivity contribution < 1.29 is 48.4 Å². The summed E-state index contributed by atoms with van der Waals surface area (Å²) in [5.41, 5.74) is 2.61. The van der Waals surface area contributed by atoms with Crippen molar-refractivity contribution in [2.45, 2.75) is 78.7 Å². The number of aldehydes is 2. The van der Waals surface area contributed by atoms with E-state index in [1.165, 1.54) is 12.1 Å². The van der Waals surface area contributed by atoms with E-state index >= 15 is 0 Å². The minimum Gasteiger partial charge on any atom is -0.507 e. The van der Waals surface area contributed by atoms with Crippen molar-refractivity contribution in [3.8, 4) is 23.0 Å². The van der Waals surface area contributed by atoms with Crippen LogP contribution in [0.2, 0.25) is 18.1 Å². The SMILES string of the molecule is C.C.CC(C)(C)[Si](C)(C)OCCc1ncccc1C(=O)N1CCSC[C@H]1COc1cccc(O)c1C=O.O=Cc1c(O)cccc1OC[C@@H]1CSCCN1C(=O)c1cccnc1CCO. The number of amides is 2. The van der Waals surface area contributed by atoms with Crippen molar-refractivity contribution in [3.05, 3.63) is 107 Å². The van der Waals surface area contributed by atoms with E-state index in [1.807, 2.05) is 11.0 Å². The molecule has 65 heavy (non-hydrogen) atoms. The molecule has 6 rings (SSSR count). The van der Waals surface area contributed by atoms with Crippen LogP contribution in [0.5, 0.6) is 23.0 Å². The number of pyridine rings is 2. The summed E-state index contributed by atoms with van der Waals surface area (Å²) in [5, 5.41) is 29.1. The van der Waals surface area contributed by atoms with Crippen molar-refractivity contribution in [2.24, 2.45) is 0 Å². The summed E-state index contributed by atoms with van der Waals surface area (Å²) in [6.45, 7) is 13.1. The van der Waals surface area contributed by atoms with E-state index in [1.54, 1.807) is 83.3 Å². The average molecular weight is 951 g/mol. The number of carbonyl (C=O) groups is 4. The van der Waals surface area contributed by atoms with E-state index in [0.717, 1.165) is 23.0 Å². The van der Waals surface area contributed by atoms with E-state index in [4.69, 9.17) is 13.9 Å². The monoisotopic (exact) mass is 950 g/mol. The van der Waals surface area contributed by atoms with Gasteiger partial charge in [0.05, 0.1) is 45.7 Å². The lowest BCUT2D eigenvalue weighted by atomic mass is 10.1. The van der Waals surface area contributed by atoms with Crippen LogP contribution in [0.1, 0.15) is 88.4 Å². The number of nitrogens with zero attached hydrogens (tertiary/aromatic N) is 4. The van der Waals surface area contributed by atoms with Crippen molar-refractivity contribution in [1.82, 2.24) is 19.8 Å². The molecule has 0 aliphatic carbocycles. The fourth-order valence-corrected chi connectivity index (χ4v) is 9.87. The van der Waals surface area contributed by atoms with E-state index in [-0.39, 0.29) is 86.2 Å². The van der Waals surface area contributed by atoms with Crippen LogP contribution < -0.4 is 9.47 Å². The molecule has 2 aromatic heterocycles. The summed E-state index contributed by atoms with van der Waals surface area (Å²) in [5.74, 6) is 3.24. The molecule has 0 bridgehead atoms. The first-order valence-electron chi connectivity index (χ1n) is 20.9. The first-order chi connectivity index (χ1) is 30.2. The quantitative estimate of drug-likeness (QED) is 0.0728. The highest BCUT2D eigenvalue weighted by Crippen LogP contribution is 2.37. The Labute approximate surface area is 393 Å². The summed E-state index contributed by atoms with van der Waals surface area (Å²) in [7, 11) is -1.89. The molecule has 2 aliphatic rings. The number of phenols is 2. The second kappa shape index (κ2) is 25.7. The predicted octanol–water partition coefficient (Wildman–Crippen LogP) is 7.84. The molecule has 4 aromatic rings. The Bertz CT molecular complexity index is 2190. The Kier molecular flexibility index (Phi) is 21.5. The molecular weight excluding hydrogens is 885 g/mol. The zero-order chi connectivity index (χ0) is 45.6. The van der Waals surface area contributed by atoms with Crippen LogP contribution in [0.3, 0.4) is 0 Å². The number of aliphatic hydroxyl groups excluding tert-OH is 1. The number of hydrogen-bond acceptors (Lipinski definition) is 14. The first-order valence-corrected chi connectivity index (χ1v) is 26.1. The fourth-order valence-electron chi connectivity index (χ4n) is 6.74. The number of hydrogen-bond donors (Lipinski definition) is 3. The summed E-state index contributed by atoms with van der Waals surface area (Å²) in [4.78, 5) is 61.7. The van der Waals surface area contributed by atoms with Crippen LogP contribution >= 0.6 is 23.5 Å². The van der Waals surface area contributed by atoms with Crippen LogP contribution in [0, 0.1) is 0 Å². The second-order valence-electron chi connectivity index (χ2n) is 16.5. The van der Waals surface area contributed by atoms with Crippen LogP contribution in [0.4, 0.5) is 0 Å². The summed E-state index contributed by atoms with van der Waals surface area (Å²) in [6.07, 6.45) is 5.35. The largest absolute Gasteiger partial charge is 0.507 e. The molecule has 4 heterocycles. The lowest BCUT2D eigenvalue weighted by molar-refractivity contribution is 0.0639. The Morgan fingerprint density at radius 1 is 0.738 bits per heavy atom. The Hall–Kier alpha value is -4.94. The normalized spacial score (nSPS) is 16.2. The van der Waals surface area contributed by atoms with Gasteiger partial charge in [0.15, 0.2) is 20.9 Å². The fraction of sp³-hybridized carbons (Fsp3) is 0.458. The van der Waals surface area contributed by atoms with Gasteiger partial charge in [-0.05, 0) is 66.7 Å². The number of aliphatic hydroxyl groups is 1. The van der Waals surface area contributed by atoms with E-state index < -0.39 is 8.32 Å². The van der Waals surface area contributed by atoms with Gasteiger partial charge in [-0.25, -0.2) is 0 Å². The van der Waals surface area contributed by atoms with E-state index in [2.05, 4.69) is 43.8 Å². The van der Waals surface area contributed by atoms with Gasteiger partial charge in [0.2, 0.25) is 0 Å². The topological polar surface area (TPSA) is 189 Å². The number of ether oxygens (including phenoxy) is 2. The van der Waals surface area contributed by atoms with Gasteiger partial charge < -0.3 is 39.0 Å². The molecule has 14 nitrogen and oxygen atoms in total. The maximum Gasteiger partial charge on any atom is 0.256 e. The van der Waals surface area contributed by atoms with Gasteiger partial charge in [-0.3, -0.25) is 29.1 Å². The zero-order valence-corrected chi connectivity index (χ0v) is 39.2. The Morgan fingerprint density at radius 2 is 1.18 bits per heavy atom. The van der Waals surface area contributed by atoms with Gasteiger partial charge in [-0.2, -0.15) is 23.5 Å². The van der Waals surface area contributed by atoms with E-state index in [0.29, 0.717) is 79.2 Å².